The van der Waals surface area contributed by atoms with Crippen molar-refractivity contribution in [3.05, 3.63) is 77.9 Å². The predicted octanol–water partition coefficient (Wildman–Crippen LogP) is 3.15. The Labute approximate surface area is 121 Å². The van der Waals surface area contributed by atoms with E-state index < -0.39 is 5.97 Å². The number of allylic oxidation sites excluding steroid dienone is 1. The van der Waals surface area contributed by atoms with Gasteiger partial charge in [0, 0.05) is 5.56 Å². The van der Waals surface area contributed by atoms with Crippen LogP contribution in [0.1, 0.15) is 26.3 Å². The minimum absolute atomic E-state index is 0.194. The third kappa shape index (κ3) is 3.43. The number of nitriles is 1. The van der Waals surface area contributed by atoms with Crippen molar-refractivity contribution in [3.63, 3.8) is 0 Å². The van der Waals surface area contributed by atoms with E-state index in [2.05, 4.69) is 6.58 Å². The minimum Gasteiger partial charge on any atom is -0.423 e. The molecule has 0 bridgehead atoms. The molecular formula is C17H11NO3. The third-order valence-electron chi connectivity index (χ3n) is 2.78. The molecule has 21 heavy (non-hydrogen) atoms. The molecule has 2 aromatic rings. The predicted molar refractivity (Wildman–Crippen MR) is 77.1 cm³/mol. The molecule has 0 fully saturated rings. The van der Waals surface area contributed by atoms with E-state index >= 15 is 0 Å². The Morgan fingerprint density at radius 1 is 1.00 bits per heavy atom. The van der Waals surface area contributed by atoms with Gasteiger partial charge in [-0.3, -0.25) is 4.79 Å². The van der Waals surface area contributed by atoms with Crippen LogP contribution in [0.15, 0.2) is 61.2 Å². The van der Waals surface area contributed by atoms with Gasteiger partial charge >= 0.3 is 5.97 Å². The van der Waals surface area contributed by atoms with E-state index in [0.29, 0.717) is 22.4 Å². The molecule has 0 heterocycles. The molecular weight excluding hydrogens is 266 g/mol. The van der Waals surface area contributed by atoms with Gasteiger partial charge in [0.25, 0.3) is 0 Å². The van der Waals surface area contributed by atoms with Gasteiger partial charge in [0.1, 0.15) is 5.75 Å². The Kier molecular flexibility index (Phi) is 4.27. The lowest BCUT2D eigenvalue weighted by atomic mass is 10.1. The minimum atomic E-state index is -0.526. The van der Waals surface area contributed by atoms with E-state index in [1.54, 1.807) is 24.3 Å². The molecule has 4 heteroatoms. The number of rotatable bonds is 4. The first kappa shape index (κ1) is 14.2. The van der Waals surface area contributed by atoms with Crippen LogP contribution in [-0.4, -0.2) is 11.8 Å². The van der Waals surface area contributed by atoms with Crippen LogP contribution in [0, 0.1) is 11.3 Å². The Hall–Kier alpha value is -3.19. The first-order chi connectivity index (χ1) is 10.1. The molecule has 0 spiro atoms. The Bertz CT molecular complexity index is 722. The monoisotopic (exact) mass is 277 g/mol. The summed E-state index contributed by atoms with van der Waals surface area (Å²) in [6.07, 6.45) is 1.22. The molecule has 0 amide bonds. The summed E-state index contributed by atoms with van der Waals surface area (Å²) in [6, 6.07) is 14.3. The first-order valence-electron chi connectivity index (χ1n) is 6.13. The molecule has 0 saturated carbocycles. The highest BCUT2D eigenvalue weighted by Gasteiger charge is 2.09. The SMILES string of the molecule is C=CC(=O)c1ccc(OC(=O)c2ccc(C#N)cc2)cc1. The number of ketones is 1. The van der Waals surface area contributed by atoms with Crippen LogP contribution < -0.4 is 4.74 Å². The van der Waals surface area contributed by atoms with Gasteiger partial charge in [0.05, 0.1) is 17.2 Å². The van der Waals surface area contributed by atoms with Gasteiger partial charge in [-0.15, -0.1) is 0 Å². The summed E-state index contributed by atoms with van der Waals surface area (Å²) in [5, 5.41) is 8.69. The third-order valence-corrected chi connectivity index (χ3v) is 2.78. The molecule has 0 aliphatic rings. The number of esters is 1. The smallest absolute Gasteiger partial charge is 0.343 e. The van der Waals surface area contributed by atoms with Crippen molar-refractivity contribution in [2.45, 2.75) is 0 Å². The zero-order valence-corrected chi connectivity index (χ0v) is 11.1. The van der Waals surface area contributed by atoms with Crippen LogP contribution in [0.5, 0.6) is 5.75 Å². The molecule has 2 aromatic carbocycles. The summed E-state index contributed by atoms with van der Waals surface area (Å²) >= 11 is 0. The topological polar surface area (TPSA) is 67.2 Å². The molecule has 0 unspecified atom stereocenters. The van der Waals surface area contributed by atoms with Crippen LogP contribution >= 0.6 is 0 Å². The summed E-state index contributed by atoms with van der Waals surface area (Å²) in [7, 11) is 0. The van der Waals surface area contributed by atoms with Crippen molar-refractivity contribution in [3.8, 4) is 11.8 Å². The van der Waals surface area contributed by atoms with E-state index in [1.165, 1.54) is 30.3 Å². The second-order valence-corrected chi connectivity index (χ2v) is 4.17. The molecule has 0 radical (unpaired) electrons. The number of benzene rings is 2. The van der Waals surface area contributed by atoms with Crippen molar-refractivity contribution in [2.75, 3.05) is 0 Å². The quantitative estimate of drug-likeness (QED) is 0.372. The number of nitrogens with zero attached hydrogens (tertiary/aromatic N) is 1. The standard InChI is InChI=1S/C17H11NO3/c1-2-16(19)13-7-9-15(10-8-13)21-17(20)14-5-3-12(11-18)4-6-14/h2-10H,1H2. The molecule has 0 atom stereocenters. The Morgan fingerprint density at radius 3 is 2.10 bits per heavy atom. The molecule has 2 rings (SSSR count). The largest absolute Gasteiger partial charge is 0.423 e. The molecule has 4 nitrogen and oxygen atoms in total. The van der Waals surface area contributed by atoms with Crippen LogP contribution in [0.25, 0.3) is 0 Å². The number of carbonyl (C=O) groups excluding carboxylic acids is 2. The normalized spacial score (nSPS) is 9.48. The fourth-order valence-corrected chi connectivity index (χ4v) is 1.65. The number of hydrogen-bond donors (Lipinski definition) is 0. The molecule has 0 saturated heterocycles. The van der Waals surface area contributed by atoms with Crippen molar-refractivity contribution < 1.29 is 14.3 Å². The summed E-state index contributed by atoms with van der Waals surface area (Å²) in [4.78, 5) is 23.3. The molecule has 102 valence electrons. The second kappa shape index (κ2) is 6.31. The van der Waals surface area contributed by atoms with Gasteiger partial charge in [0.15, 0.2) is 5.78 Å². The van der Waals surface area contributed by atoms with E-state index in [9.17, 15) is 9.59 Å². The first-order valence-corrected chi connectivity index (χ1v) is 6.13. The lowest BCUT2D eigenvalue weighted by molar-refractivity contribution is 0.0734. The average Bonchev–Trinajstić information content (AvgIpc) is 2.55. The van der Waals surface area contributed by atoms with E-state index in [-0.39, 0.29) is 5.78 Å². The fourth-order valence-electron chi connectivity index (χ4n) is 1.65. The molecule has 0 aromatic heterocycles. The van der Waals surface area contributed by atoms with Crippen LogP contribution in [0.3, 0.4) is 0 Å². The summed E-state index contributed by atoms with van der Waals surface area (Å²) in [5.41, 5.74) is 1.29. The average molecular weight is 277 g/mol. The Balaban J connectivity index is 2.10. The zero-order valence-electron chi connectivity index (χ0n) is 11.1. The number of hydrogen-bond acceptors (Lipinski definition) is 4. The fraction of sp³-hybridized carbons (Fsp3) is 0. The van der Waals surface area contributed by atoms with Crippen molar-refractivity contribution >= 4 is 11.8 Å². The maximum absolute atomic E-state index is 11.9. The maximum atomic E-state index is 11.9. The van der Waals surface area contributed by atoms with Gasteiger partial charge in [-0.25, -0.2) is 4.79 Å². The van der Waals surface area contributed by atoms with E-state index in [0.717, 1.165) is 0 Å². The maximum Gasteiger partial charge on any atom is 0.343 e. The second-order valence-electron chi connectivity index (χ2n) is 4.17. The summed E-state index contributed by atoms with van der Waals surface area (Å²) in [6.45, 7) is 3.40. The Morgan fingerprint density at radius 2 is 1.57 bits per heavy atom. The van der Waals surface area contributed by atoms with Gasteiger partial charge in [0.2, 0.25) is 0 Å². The van der Waals surface area contributed by atoms with E-state index in [4.69, 9.17) is 10.00 Å². The van der Waals surface area contributed by atoms with Gasteiger partial charge in [-0.05, 0) is 54.6 Å². The lowest BCUT2D eigenvalue weighted by Crippen LogP contribution is -2.08. The van der Waals surface area contributed by atoms with Crippen molar-refractivity contribution in [2.24, 2.45) is 0 Å². The molecule has 0 N–H and O–H groups in total. The highest BCUT2D eigenvalue weighted by molar-refractivity contribution is 6.04. The van der Waals surface area contributed by atoms with E-state index in [1.807, 2.05) is 6.07 Å². The van der Waals surface area contributed by atoms with Crippen molar-refractivity contribution in [1.29, 1.82) is 5.26 Å². The lowest BCUT2D eigenvalue weighted by Gasteiger charge is -2.05. The highest BCUT2D eigenvalue weighted by Crippen LogP contribution is 2.15. The van der Waals surface area contributed by atoms with Gasteiger partial charge < -0.3 is 4.74 Å². The van der Waals surface area contributed by atoms with Crippen LogP contribution in [0.4, 0.5) is 0 Å². The molecule has 0 aliphatic carbocycles. The van der Waals surface area contributed by atoms with Gasteiger partial charge in [-0.2, -0.15) is 5.26 Å². The summed E-state index contributed by atoms with van der Waals surface area (Å²) in [5.74, 6) is -0.382. The summed E-state index contributed by atoms with van der Waals surface area (Å²) < 4.78 is 5.18. The number of carbonyl (C=O) groups is 2. The highest BCUT2D eigenvalue weighted by atomic mass is 16.5. The van der Waals surface area contributed by atoms with Crippen molar-refractivity contribution in [1.82, 2.24) is 0 Å². The molecule has 0 aliphatic heterocycles. The zero-order chi connectivity index (χ0) is 15.2. The van der Waals surface area contributed by atoms with Crippen LogP contribution in [0.2, 0.25) is 0 Å². The van der Waals surface area contributed by atoms with Crippen LogP contribution in [-0.2, 0) is 0 Å². The van der Waals surface area contributed by atoms with Gasteiger partial charge in [-0.1, -0.05) is 6.58 Å². The number of ether oxygens (including phenoxy) is 1.